The van der Waals surface area contributed by atoms with Gasteiger partial charge in [0.1, 0.15) is 0 Å². The Morgan fingerprint density at radius 1 is 1.00 bits per heavy atom. The fourth-order valence-corrected chi connectivity index (χ4v) is 1.93. The molecule has 0 aromatic heterocycles. The van der Waals surface area contributed by atoms with Gasteiger partial charge < -0.3 is 16.4 Å². The quantitative estimate of drug-likeness (QED) is 0.327. The molecular weight excluding hydrogens is 214 g/mol. The molecule has 4 N–H and O–H groups in total. The van der Waals surface area contributed by atoms with Crippen LogP contribution in [0.5, 0.6) is 0 Å². The molecule has 5 nitrogen and oxygen atoms in total. The zero-order valence-corrected chi connectivity index (χ0v) is 10.6. The molecule has 0 bridgehead atoms. The summed E-state index contributed by atoms with van der Waals surface area (Å²) in [5.41, 5.74) is 5.35. The van der Waals surface area contributed by atoms with Gasteiger partial charge in [0, 0.05) is 32.6 Å². The zero-order chi connectivity index (χ0) is 11.4. The fraction of sp³-hybridized carbons (Fsp3) is 1.00. The van der Waals surface area contributed by atoms with Crippen LogP contribution in [0, 0.1) is 0 Å². The van der Waals surface area contributed by atoms with E-state index in [1.165, 1.54) is 0 Å². The van der Waals surface area contributed by atoms with Crippen molar-refractivity contribution >= 4 is 11.5 Å². The standard InChI is InChI=1S/C9H24N3O2S/c1-13-15(14-2)9-3-5-11-7-8-12-6-4-10/h11-12H,3-10H2,1-2H3/q+1. The van der Waals surface area contributed by atoms with Gasteiger partial charge in [0.25, 0.3) is 0 Å². The lowest BCUT2D eigenvalue weighted by molar-refractivity contribution is 0.357. The third kappa shape index (κ3) is 10.4. The van der Waals surface area contributed by atoms with E-state index in [2.05, 4.69) is 10.6 Å². The molecule has 15 heavy (non-hydrogen) atoms. The Morgan fingerprint density at radius 2 is 1.60 bits per heavy atom. The van der Waals surface area contributed by atoms with E-state index in [1.807, 2.05) is 0 Å². The average molecular weight is 238 g/mol. The van der Waals surface area contributed by atoms with Crippen molar-refractivity contribution in [1.82, 2.24) is 10.6 Å². The summed E-state index contributed by atoms with van der Waals surface area (Å²) in [5.74, 6) is 0.955. The Kier molecular flexibility index (Phi) is 12.3. The van der Waals surface area contributed by atoms with Gasteiger partial charge in [-0.3, -0.25) is 0 Å². The van der Waals surface area contributed by atoms with Gasteiger partial charge in [-0.2, -0.15) is 0 Å². The molecule has 0 atom stereocenters. The normalized spacial score (nSPS) is 11.2. The molecule has 0 aliphatic heterocycles. The first-order chi connectivity index (χ1) is 7.35. The summed E-state index contributed by atoms with van der Waals surface area (Å²) in [6.45, 7) is 4.54. The van der Waals surface area contributed by atoms with E-state index in [4.69, 9.17) is 14.1 Å². The second-order valence-electron chi connectivity index (χ2n) is 2.98. The van der Waals surface area contributed by atoms with Crippen molar-refractivity contribution < 1.29 is 8.37 Å². The molecule has 0 fully saturated rings. The van der Waals surface area contributed by atoms with Crippen LogP contribution in [-0.4, -0.2) is 52.7 Å². The Labute approximate surface area is 95.8 Å². The van der Waals surface area contributed by atoms with Crippen LogP contribution >= 0.6 is 0 Å². The van der Waals surface area contributed by atoms with Crippen LogP contribution in [-0.2, 0) is 19.8 Å². The monoisotopic (exact) mass is 238 g/mol. The van der Waals surface area contributed by atoms with Crippen molar-refractivity contribution in [2.24, 2.45) is 5.73 Å². The van der Waals surface area contributed by atoms with Gasteiger partial charge in [0.2, 0.25) is 0 Å². The topological polar surface area (TPSA) is 68.5 Å². The lowest BCUT2D eigenvalue weighted by atomic mass is 10.4. The van der Waals surface area contributed by atoms with Gasteiger partial charge in [-0.25, -0.2) is 0 Å². The van der Waals surface area contributed by atoms with Gasteiger partial charge in [-0.05, 0) is 6.54 Å². The van der Waals surface area contributed by atoms with Gasteiger partial charge in [-0.1, -0.05) is 0 Å². The predicted octanol–water partition coefficient (Wildman–Crippen LogP) is -0.744. The third-order valence-electron chi connectivity index (χ3n) is 1.84. The fourth-order valence-electron chi connectivity index (χ4n) is 1.08. The first-order valence-electron chi connectivity index (χ1n) is 5.26. The first-order valence-corrected chi connectivity index (χ1v) is 6.50. The van der Waals surface area contributed by atoms with E-state index >= 15 is 0 Å². The lowest BCUT2D eigenvalue weighted by Crippen LogP contribution is -2.31. The number of rotatable bonds is 11. The van der Waals surface area contributed by atoms with Crippen LogP contribution in [0.15, 0.2) is 0 Å². The number of hydrogen-bond acceptors (Lipinski definition) is 5. The Morgan fingerprint density at radius 3 is 2.13 bits per heavy atom. The zero-order valence-electron chi connectivity index (χ0n) is 9.75. The summed E-state index contributed by atoms with van der Waals surface area (Å²) in [7, 11) is 3.35. The highest BCUT2D eigenvalue weighted by atomic mass is 32.2. The van der Waals surface area contributed by atoms with Crippen molar-refractivity contribution in [1.29, 1.82) is 0 Å². The molecule has 0 radical (unpaired) electrons. The highest BCUT2D eigenvalue weighted by molar-refractivity contribution is 7.87. The number of nitrogens with one attached hydrogen (secondary N) is 2. The highest BCUT2D eigenvalue weighted by Crippen LogP contribution is 1.98. The number of nitrogens with two attached hydrogens (primary N) is 1. The molecule has 0 aromatic carbocycles. The van der Waals surface area contributed by atoms with Crippen LogP contribution in [0.2, 0.25) is 0 Å². The van der Waals surface area contributed by atoms with Gasteiger partial charge in [0.15, 0.2) is 5.75 Å². The average Bonchev–Trinajstić information content (AvgIpc) is 2.27. The second kappa shape index (κ2) is 12.2. The molecule has 92 valence electrons. The Bertz CT molecular complexity index is 126. The molecule has 0 spiro atoms. The predicted molar refractivity (Wildman–Crippen MR) is 65.7 cm³/mol. The smallest absolute Gasteiger partial charge is 0.314 e. The van der Waals surface area contributed by atoms with Crippen LogP contribution in [0.25, 0.3) is 0 Å². The van der Waals surface area contributed by atoms with E-state index < -0.39 is 0 Å². The minimum absolute atomic E-state index is 0.321. The molecule has 0 heterocycles. The number of hydrogen-bond donors (Lipinski definition) is 3. The molecular formula is C9H24N3O2S+. The highest BCUT2D eigenvalue weighted by Gasteiger charge is 2.17. The largest absolute Gasteiger partial charge is 0.329 e. The van der Waals surface area contributed by atoms with Crippen LogP contribution < -0.4 is 16.4 Å². The van der Waals surface area contributed by atoms with Crippen molar-refractivity contribution in [3.05, 3.63) is 0 Å². The second-order valence-corrected chi connectivity index (χ2v) is 4.67. The summed E-state index contributed by atoms with van der Waals surface area (Å²) in [6, 6.07) is 0. The van der Waals surface area contributed by atoms with E-state index in [-0.39, 0.29) is 11.5 Å². The summed E-state index contributed by atoms with van der Waals surface area (Å²) in [5, 5.41) is 6.56. The van der Waals surface area contributed by atoms with Crippen LogP contribution in [0.3, 0.4) is 0 Å². The van der Waals surface area contributed by atoms with E-state index in [1.54, 1.807) is 14.2 Å². The van der Waals surface area contributed by atoms with Gasteiger partial charge in [0.05, 0.1) is 14.2 Å². The summed E-state index contributed by atoms with van der Waals surface area (Å²) in [6.07, 6.45) is 1.07. The molecule has 0 rings (SSSR count). The van der Waals surface area contributed by atoms with Crippen molar-refractivity contribution in [2.75, 3.05) is 52.7 Å². The van der Waals surface area contributed by atoms with Crippen LogP contribution in [0.1, 0.15) is 6.42 Å². The molecule has 0 unspecified atom stereocenters. The SMILES string of the molecule is CO[S+](CCCNCCNCCN)OC. The summed E-state index contributed by atoms with van der Waals surface area (Å²) >= 11 is -0.321. The molecule has 0 saturated carbocycles. The summed E-state index contributed by atoms with van der Waals surface area (Å²) < 4.78 is 10.2. The maximum Gasteiger partial charge on any atom is 0.314 e. The molecule has 0 aromatic rings. The molecule has 0 aliphatic rings. The van der Waals surface area contributed by atoms with Crippen molar-refractivity contribution in [2.45, 2.75) is 6.42 Å². The summed E-state index contributed by atoms with van der Waals surface area (Å²) in [4.78, 5) is 0. The Balaban J connectivity index is 3.04. The van der Waals surface area contributed by atoms with Crippen molar-refractivity contribution in [3.8, 4) is 0 Å². The van der Waals surface area contributed by atoms with Gasteiger partial charge >= 0.3 is 11.5 Å². The van der Waals surface area contributed by atoms with E-state index in [0.29, 0.717) is 6.54 Å². The van der Waals surface area contributed by atoms with E-state index in [9.17, 15) is 0 Å². The molecule has 0 saturated heterocycles. The minimum Gasteiger partial charge on any atom is -0.329 e. The molecule has 0 amide bonds. The lowest BCUT2D eigenvalue weighted by Gasteiger charge is -2.04. The maximum atomic E-state index is 5.35. The van der Waals surface area contributed by atoms with Gasteiger partial charge in [-0.15, -0.1) is 8.37 Å². The van der Waals surface area contributed by atoms with Crippen molar-refractivity contribution in [3.63, 3.8) is 0 Å². The van der Waals surface area contributed by atoms with E-state index in [0.717, 1.165) is 38.4 Å². The molecule has 6 heteroatoms. The Hall–Kier alpha value is 0.150. The van der Waals surface area contributed by atoms with Crippen LogP contribution in [0.4, 0.5) is 0 Å². The third-order valence-corrected chi connectivity index (χ3v) is 3.20. The minimum atomic E-state index is -0.321. The maximum absolute atomic E-state index is 5.35. The first kappa shape index (κ1) is 15.2. The molecule has 0 aliphatic carbocycles.